The number of carbonyl (C=O) groups excluding carboxylic acids is 1. The maximum absolute atomic E-state index is 13.0. The molecule has 1 aliphatic rings. The normalized spacial score (nSPS) is 19.7. The lowest BCUT2D eigenvalue weighted by molar-refractivity contribution is 0.0782. The van der Waals surface area contributed by atoms with Crippen LogP contribution in [0.1, 0.15) is 27.7 Å². The van der Waals surface area contributed by atoms with Gasteiger partial charge in [0.05, 0.1) is 11.4 Å². The van der Waals surface area contributed by atoms with Crippen LogP contribution in [0.2, 0.25) is 0 Å². The first kappa shape index (κ1) is 16.5. The predicted molar refractivity (Wildman–Crippen MR) is 99.2 cm³/mol. The zero-order valence-electron chi connectivity index (χ0n) is 14.6. The molecule has 2 aromatic carbocycles. The highest BCUT2D eigenvalue weighted by Crippen LogP contribution is 2.27. The fourth-order valence-electron chi connectivity index (χ4n) is 3.54. The summed E-state index contributed by atoms with van der Waals surface area (Å²) in [6.07, 6.45) is 0. The molecule has 2 N–H and O–H groups in total. The van der Waals surface area contributed by atoms with Crippen molar-refractivity contribution in [2.75, 3.05) is 13.1 Å². The number of likely N-dealkylation sites (tertiary alicyclic amines) is 1. The van der Waals surface area contributed by atoms with Crippen molar-refractivity contribution in [2.45, 2.75) is 18.9 Å². The number of hydrogen-bond acceptors (Lipinski definition) is 4. The van der Waals surface area contributed by atoms with E-state index in [1.807, 2.05) is 55.5 Å². The highest BCUT2D eigenvalue weighted by atomic mass is 16.2. The van der Waals surface area contributed by atoms with Crippen LogP contribution in [0.5, 0.6) is 0 Å². The monoisotopic (exact) mass is 347 g/mol. The van der Waals surface area contributed by atoms with Crippen LogP contribution in [-0.4, -0.2) is 44.9 Å². The van der Waals surface area contributed by atoms with E-state index in [4.69, 9.17) is 5.73 Å². The molecule has 2 heterocycles. The van der Waals surface area contributed by atoms with Crippen molar-refractivity contribution in [3.63, 3.8) is 0 Å². The number of rotatable bonds is 3. The second kappa shape index (κ2) is 6.72. The Morgan fingerprint density at radius 2 is 1.69 bits per heavy atom. The number of aromatic nitrogens is 3. The number of carbonyl (C=O) groups is 1. The molecule has 1 amide bonds. The minimum atomic E-state index is -0.112. The van der Waals surface area contributed by atoms with E-state index < -0.39 is 0 Å². The summed E-state index contributed by atoms with van der Waals surface area (Å²) in [5.41, 5.74) is 9.49. The quantitative estimate of drug-likeness (QED) is 0.787. The summed E-state index contributed by atoms with van der Waals surface area (Å²) in [6, 6.07) is 19.7. The molecular formula is C20H21N5O. The average Bonchev–Trinajstić information content (AvgIpc) is 3.25. The van der Waals surface area contributed by atoms with Crippen LogP contribution in [0.3, 0.4) is 0 Å². The van der Waals surface area contributed by atoms with Gasteiger partial charge in [-0.1, -0.05) is 53.7 Å². The summed E-state index contributed by atoms with van der Waals surface area (Å²) in [5, 5.41) is 8.30. The minimum Gasteiger partial charge on any atom is -0.335 e. The van der Waals surface area contributed by atoms with E-state index in [1.165, 1.54) is 5.56 Å². The van der Waals surface area contributed by atoms with Crippen molar-refractivity contribution in [1.29, 1.82) is 0 Å². The van der Waals surface area contributed by atoms with Gasteiger partial charge >= 0.3 is 0 Å². The molecule has 0 saturated carbocycles. The third-order valence-corrected chi connectivity index (χ3v) is 4.98. The van der Waals surface area contributed by atoms with Gasteiger partial charge in [0.2, 0.25) is 0 Å². The Morgan fingerprint density at radius 3 is 2.38 bits per heavy atom. The van der Waals surface area contributed by atoms with Gasteiger partial charge < -0.3 is 10.6 Å². The van der Waals surface area contributed by atoms with Crippen molar-refractivity contribution in [3.05, 3.63) is 77.6 Å². The molecule has 0 aliphatic carbocycles. The zero-order valence-corrected chi connectivity index (χ0v) is 14.6. The third-order valence-electron chi connectivity index (χ3n) is 4.98. The maximum atomic E-state index is 13.0. The first-order valence-corrected chi connectivity index (χ1v) is 8.72. The molecule has 1 saturated heterocycles. The molecule has 0 bridgehead atoms. The first-order chi connectivity index (χ1) is 12.6. The van der Waals surface area contributed by atoms with E-state index in [-0.39, 0.29) is 17.9 Å². The number of benzene rings is 2. The van der Waals surface area contributed by atoms with Gasteiger partial charge in [-0.3, -0.25) is 4.79 Å². The second-order valence-electron chi connectivity index (χ2n) is 6.66. The summed E-state index contributed by atoms with van der Waals surface area (Å²) < 4.78 is 1.69. The van der Waals surface area contributed by atoms with Crippen LogP contribution in [0, 0.1) is 6.92 Å². The minimum absolute atomic E-state index is 0.0779. The van der Waals surface area contributed by atoms with Gasteiger partial charge in [-0.15, -0.1) is 5.10 Å². The SMILES string of the molecule is Cc1c(C(=O)N2C[C@@H](N)[C@H](c3ccccc3)C2)nnn1-c1ccccc1. The van der Waals surface area contributed by atoms with E-state index in [2.05, 4.69) is 22.4 Å². The summed E-state index contributed by atoms with van der Waals surface area (Å²) in [6.45, 7) is 2.99. The van der Waals surface area contributed by atoms with Crippen LogP contribution in [0.15, 0.2) is 60.7 Å². The maximum Gasteiger partial charge on any atom is 0.276 e. The number of amides is 1. The van der Waals surface area contributed by atoms with E-state index >= 15 is 0 Å². The van der Waals surface area contributed by atoms with Gasteiger partial charge in [-0.05, 0) is 24.6 Å². The zero-order chi connectivity index (χ0) is 18.1. The summed E-state index contributed by atoms with van der Waals surface area (Å²) >= 11 is 0. The summed E-state index contributed by atoms with van der Waals surface area (Å²) in [7, 11) is 0. The largest absolute Gasteiger partial charge is 0.335 e. The van der Waals surface area contributed by atoms with Crippen LogP contribution < -0.4 is 5.73 Å². The van der Waals surface area contributed by atoms with E-state index in [9.17, 15) is 4.79 Å². The Hall–Kier alpha value is -2.99. The van der Waals surface area contributed by atoms with Crippen LogP contribution >= 0.6 is 0 Å². The van der Waals surface area contributed by atoms with Gasteiger partial charge in [0.1, 0.15) is 0 Å². The molecule has 0 radical (unpaired) electrons. The predicted octanol–water partition coefficient (Wildman–Crippen LogP) is 2.14. The average molecular weight is 347 g/mol. The standard InChI is InChI=1S/C20H21N5O/c1-14-19(22-23-25(14)16-10-6-3-7-11-16)20(26)24-12-17(18(21)13-24)15-8-4-2-5-9-15/h2-11,17-18H,12-13,21H2,1H3/t17-,18+/m0/s1. The molecule has 3 aromatic rings. The summed E-state index contributed by atoms with van der Waals surface area (Å²) in [4.78, 5) is 14.8. The number of hydrogen-bond donors (Lipinski definition) is 1. The molecule has 1 aliphatic heterocycles. The molecule has 26 heavy (non-hydrogen) atoms. The van der Waals surface area contributed by atoms with Gasteiger partial charge in [-0.2, -0.15) is 0 Å². The van der Waals surface area contributed by atoms with Crippen molar-refractivity contribution in [2.24, 2.45) is 5.73 Å². The van der Waals surface area contributed by atoms with Crippen molar-refractivity contribution >= 4 is 5.91 Å². The number of para-hydroxylation sites is 1. The highest BCUT2D eigenvalue weighted by molar-refractivity contribution is 5.93. The lowest BCUT2D eigenvalue weighted by Gasteiger charge is -2.15. The van der Waals surface area contributed by atoms with E-state index in [0.717, 1.165) is 11.4 Å². The van der Waals surface area contributed by atoms with Crippen LogP contribution in [0.4, 0.5) is 0 Å². The molecule has 0 unspecified atom stereocenters. The van der Waals surface area contributed by atoms with Gasteiger partial charge in [-0.25, -0.2) is 4.68 Å². The molecule has 1 aromatic heterocycles. The summed E-state index contributed by atoms with van der Waals surface area (Å²) in [5.74, 6) is 0.0307. The van der Waals surface area contributed by atoms with Gasteiger partial charge in [0.25, 0.3) is 5.91 Å². The molecular weight excluding hydrogens is 326 g/mol. The van der Waals surface area contributed by atoms with Crippen LogP contribution in [0.25, 0.3) is 5.69 Å². The van der Waals surface area contributed by atoms with Gasteiger partial charge in [0.15, 0.2) is 5.69 Å². The molecule has 0 spiro atoms. The van der Waals surface area contributed by atoms with E-state index in [1.54, 1.807) is 9.58 Å². The van der Waals surface area contributed by atoms with Crippen LogP contribution in [-0.2, 0) is 0 Å². The van der Waals surface area contributed by atoms with Crippen molar-refractivity contribution < 1.29 is 4.79 Å². The van der Waals surface area contributed by atoms with Gasteiger partial charge in [0, 0.05) is 25.0 Å². The highest BCUT2D eigenvalue weighted by Gasteiger charge is 2.35. The molecule has 132 valence electrons. The number of nitrogens with zero attached hydrogens (tertiary/aromatic N) is 4. The Kier molecular flexibility index (Phi) is 4.26. The lowest BCUT2D eigenvalue weighted by Crippen LogP contribution is -2.32. The number of nitrogens with two attached hydrogens (primary N) is 1. The van der Waals surface area contributed by atoms with Crippen molar-refractivity contribution in [3.8, 4) is 5.69 Å². The fraction of sp³-hybridized carbons (Fsp3) is 0.250. The fourth-order valence-corrected chi connectivity index (χ4v) is 3.54. The Balaban J connectivity index is 1.57. The lowest BCUT2D eigenvalue weighted by atomic mass is 9.95. The Bertz CT molecular complexity index is 906. The molecule has 4 rings (SSSR count). The smallest absolute Gasteiger partial charge is 0.276 e. The van der Waals surface area contributed by atoms with Crippen molar-refractivity contribution in [1.82, 2.24) is 19.9 Å². The topological polar surface area (TPSA) is 77.0 Å². The molecule has 6 nitrogen and oxygen atoms in total. The molecule has 2 atom stereocenters. The molecule has 6 heteroatoms. The second-order valence-corrected chi connectivity index (χ2v) is 6.66. The Labute approximate surface area is 152 Å². The molecule has 1 fully saturated rings. The Morgan fingerprint density at radius 1 is 1.04 bits per heavy atom. The third kappa shape index (κ3) is 2.88. The first-order valence-electron chi connectivity index (χ1n) is 8.72. The van der Waals surface area contributed by atoms with E-state index in [0.29, 0.717) is 18.8 Å².